The molecule has 0 aromatic heterocycles. The molecule has 0 bridgehead atoms. The molecule has 0 nitrogen and oxygen atoms in total. The molecular formula is C16H22ClNi. The second-order valence-corrected chi connectivity index (χ2v) is 7.47. The van der Waals surface area contributed by atoms with Crippen LogP contribution >= 0.6 is 10.2 Å². The van der Waals surface area contributed by atoms with Gasteiger partial charge in [0.25, 0.3) is 0 Å². The number of hydrogen-bond donors (Lipinski definition) is 0. The van der Waals surface area contributed by atoms with Crippen molar-refractivity contribution < 1.29 is 12.5 Å². The maximum atomic E-state index is 6.75. The van der Waals surface area contributed by atoms with E-state index in [4.69, 9.17) is 10.2 Å². The fourth-order valence-electron chi connectivity index (χ4n) is 2.14. The Balaban J connectivity index is 2.02. The van der Waals surface area contributed by atoms with Crippen LogP contribution in [0.4, 0.5) is 0 Å². The Kier molecular flexibility index (Phi) is 6.31. The molecule has 0 fully saturated rings. The van der Waals surface area contributed by atoms with Gasteiger partial charge in [-0.1, -0.05) is 0 Å². The van der Waals surface area contributed by atoms with Crippen molar-refractivity contribution in [3.8, 4) is 0 Å². The second kappa shape index (κ2) is 8.02. The summed E-state index contributed by atoms with van der Waals surface area (Å²) in [4.78, 5) is 0. The molecule has 0 aromatic carbocycles. The minimum absolute atomic E-state index is 0.302. The fraction of sp³-hybridized carbons (Fsp3) is 0.500. The van der Waals surface area contributed by atoms with Gasteiger partial charge in [-0.2, -0.15) is 0 Å². The van der Waals surface area contributed by atoms with E-state index < -0.39 is 0 Å². The molecule has 2 rings (SSSR count). The first kappa shape index (κ1) is 14.2. The molecule has 0 atom stereocenters. The summed E-state index contributed by atoms with van der Waals surface area (Å²) < 4.78 is 2.97. The number of hydrogen-bond acceptors (Lipinski definition) is 0. The van der Waals surface area contributed by atoms with Gasteiger partial charge in [0.1, 0.15) is 0 Å². The van der Waals surface area contributed by atoms with Crippen LogP contribution in [0.25, 0.3) is 0 Å². The molecule has 0 heterocycles. The van der Waals surface area contributed by atoms with Gasteiger partial charge in [-0.15, -0.1) is 0 Å². The Labute approximate surface area is 119 Å². The fourth-order valence-corrected chi connectivity index (χ4v) is 4.80. The maximum absolute atomic E-state index is 6.75. The van der Waals surface area contributed by atoms with Crippen LogP contribution in [0.3, 0.4) is 0 Å². The molecule has 2 aliphatic carbocycles. The molecule has 0 N–H and O–H groups in total. The van der Waals surface area contributed by atoms with E-state index >= 15 is 0 Å². The van der Waals surface area contributed by atoms with Gasteiger partial charge in [0, 0.05) is 0 Å². The van der Waals surface area contributed by atoms with E-state index in [0.717, 1.165) is 38.5 Å². The predicted molar refractivity (Wildman–Crippen MR) is 77.2 cm³/mol. The number of rotatable bonds is 2. The van der Waals surface area contributed by atoms with Crippen molar-refractivity contribution in [2.75, 3.05) is 0 Å². The van der Waals surface area contributed by atoms with E-state index in [1.165, 1.54) is 21.9 Å². The molecule has 0 unspecified atom stereocenters. The summed E-state index contributed by atoms with van der Waals surface area (Å²) in [5.74, 6) is 0. The van der Waals surface area contributed by atoms with Crippen molar-refractivity contribution in [3.05, 3.63) is 45.5 Å². The zero-order valence-electron chi connectivity index (χ0n) is 10.8. The average molecular weight is 308 g/mol. The van der Waals surface area contributed by atoms with Crippen LogP contribution in [0.2, 0.25) is 0 Å². The molecule has 0 saturated heterocycles. The van der Waals surface area contributed by atoms with Gasteiger partial charge in [0.2, 0.25) is 0 Å². The monoisotopic (exact) mass is 307 g/mol. The van der Waals surface area contributed by atoms with Crippen LogP contribution in [-0.2, 0) is 12.5 Å². The van der Waals surface area contributed by atoms with Crippen molar-refractivity contribution in [1.29, 1.82) is 0 Å². The SMILES string of the molecule is [Cl][Ni]([C]1=CCCC=CCC1)[C]1=CCCC=CCC1. The summed E-state index contributed by atoms with van der Waals surface area (Å²) in [5.41, 5.74) is 0. The van der Waals surface area contributed by atoms with E-state index in [0.29, 0.717) is 0 Å². The van der Waals surface area contributed by atoms with Gasteiger partial charge in [-0.3, -0.25) is 0 Å². The quantitative estimate of drug-likeness (QED) is 0.447. The van der Waals surface area contributed by atoms with Gasteiger partial charge < -0.3 is 0 Å². The average Bonchev–Trinajstić information content (AvgIpc) is 2.27. The first-order valence-corrected chi connectivity index (χ1v) is 9.18. The Morgan fingerprint density at radius 1 is 0.667 bits per heavy atom. The summed E-state index contributed by atoms with van der Waals surface area (Å²) in [7, 11) is 6.75. The van der Waals surface area contributed by atoms with Crippen LogP contribution < -0.4 is 0 Å². The minimum atomic E-state index is -0.302. The van der Waals surface area contributed by atoms with Gasteiger partial charge >= 0.3 is 120 Å². The number of halogens is 1. The van der Waals surface area contributed by atoms with E-state index in [1.807, 2.05) is 0 Å². The van der Waals surface area contributed by atoms with E-state index in [1.54, 1.807) is 0 Å². The molecule has 18 heavy (non-hydrogen) atoms. The van der Waals surface area contributed by atoms with Gasteiger partial charge in [0.15, 0.2) is 0 Å². The Morgan fingerprint density at radius 2 is 1.11 bits per heavy atom. The zero-order chi connectivity index (χ0) is 12.6. The third kappa shape index (κ3) is 4.45. The predicted octanol–water partition coefficient (Wildman–Crippen LogP) is 5.79. The summed E-state index contributed by atoms with van der Waals surface area (Å²) >= 11 is -0.302. The van der Waals surface area contributed by atoms with Crippen LogP contribution in [0.15, 0.2) is 45.5 Å². The van der Waals surface area contributed by atoms with Crippen molar-refractivity contribution in [2.45, 2.75) is 51.4 Å². The molecule has 0 spiro atoms. The molecule has 0 amide bonds. The normalized spacial score (nSPS) is 22.2. The van der Waals surface area contributed by atoms with E-state index in [2.05, 4.69) is 36.5 Å². The van der Waals surface area contributed by atoms with Gasteiger partial charge in [0.05, 0.1) is 0 Å². The molecular weight excluding hydrogens is 286 g/mol. The first-order chi connectivity index (χ1) is 8.88. The van der Waals surface area contributed by atoms with Gasteiger partial charge in [-0.05, 0) is 0 Å². The van der Waals surface area contributed by atoms with E-state index in [-0.39, 0.29) is 12.5 Å². The molecule has 0 aromatic rings. The van der Waals surface area contributed by atoms with E-state index in [9.17, 15) is 0 Å². The summed E-state index contributed by atoms with van der Waals surface area (Å²) in [6.45, 7) is 0. The molecule has 2 aliphatic rings. The number of allylic oxidation sites excluding steroid dienone is 8. The Morgan fingerprint density at radius 3 is 1.61 bits per heavy atom. The summed E-state index contributed by atoms with van der Waals surface area (Å²) in [6, 6.07) is 0. The topological polar surface area (TPSA) is 0 Å². The second-order valence-electron chi connectivity index (χ2n) is 4.60. The third-order valence-electron chi connectivity index (χ3n) is 3.13. The molecule has 0 aliphatic heterocycles. The van der Waals surface area contributed by atoms with Crippen molar-refractivity contribution >= 4 is 10.2 Å². The Hall–Kier alpha value is -0.256. The van der Waals surface area contributed by atoms with Crippen LogP contribution in [0, 0.1) is 0 Å². The first-order valence-electron chi connectivity index (χ1n) is 6.84. The molecule has 0 saturated carbocycles. The zero-order valence-corrected chi connectivity index (χ0v) is 12.6. The van der Waals surface area contributed by atoms with Crippen LogP contribution in [0.5, 0.6) is 0 Å². The van der Waals surface area contributed by atoms with Crippen LogP contribution in [-0.4, -0.2) is 0 Å². The summed E-state index contributed by atoms with van der Waals surface area (Å²) in [6.07, 6.45) is 23.2. The third-order valence-corrected chi connectivity index (χ3v) is 6.41. The van der Waals surface area contributed by atoms with Crippen molar-refractivity contribution in [3.63, 3.8) is 0 Å². The molecule has 2 heteroatoms. The standard InChI is InChI=1S/2C8H11.ClH.Ni/c2*1-2-4-6-8-7-5-3-1;;/h2*1-2,7H,3-6H2;1H;/q;;;+1/p-1. The van der Waals surface area contributed by atoms with Gasteiger partial charge in [-0.25, -0.2) is 0 Å². The summed E-state index contributed by atoms with van der Waals surface area (Å²) in [5, 5.41) is 0. The Bertz CT molecular complexity index is 341. The van der Waals surface area contributed by atoms with Crippen LogP contribution in [0.1, 0.15) is 51.4 Å². The van der Waals surface area contributed by atoms with Crippen molar-refractivity contribution in [2.24, 2.45) is 0 Å². The molecule has 0 radical (unpaired) electrons. The molecule has 103 valence electrons. The van der Waals surface area contributed by atoms with Crippen molar-refractivity contribution in [1.82, 2.24) is 0 Å².